The van der Waals surface area contributed by atoms with E-state index in [1.54, 1.807) is 48.5 Å². The standard InChI is InChI=1S/C28H30F6N4O3/c1-15(2)17-9-6-10-20-21(16-7-4-3-5-8-16)36-24(26(41)37-22(17)20)38-25(40)19(12-14-28(32,33)34)18(23(35)39)11-13-27(29,30)31/h3-10,15,18-19,24H,11-14H2,1-2H3,(H2,35,39)(H,37,41)(H,38,40)/t18-,19+,24+/m0/s1. The van der Waals surface area contributed by atoms with Gasteiger partial charge in [-0.25, -0.2) is 4.99 Å². The normalized spacial score (nSPS) is 17.1. The summed E-state index contributed by atoms with van der Waals surface area (Å²) >= 11 is 0. The Morgan fingerprint density at radius 1 is 0.927 bits per heavy atom. The molecule has 3 rings (SSSR count). The smallest absolute Gasteiger partial charge is 0.369 e. The van der Waals surface area contributed by atoms with Gasteiger partial charge in [0, 0.05) is 35.8 Å². The van der Waals surface area contributed by atoms with Crippen LogP contribution in [0.1, 0.15) is 62.1 Å². The van der Waals surface area contributed by atoms with Gasteiger partial charge in [-0.15, -0.1) is 0 Å². The number of rotatable bonds is 10. The summed E-state index contributed by atoms with van der Waals surface area (Å²) in [7, 11) is 0. The Balaban J connectivity index is 2.03. The van der Waals surface area contributed by atoms with Gasteiger partial charge in [0.1, 0.15) is 0 Å². The van der Waals surface area contributed by atoms with Crippen molar-refractivity contribution in [1.29, 1.82) is 0 Å². The van der Waals surface area contributed by atoms with E-state index in [1.165, 1.54) is 0 Å². The average Bonchev–Trinajstić information content (AvgIpc) is 3.00. The molecule has 0 saturated heterocycles. The highest BCUT2D eigenvalue weighted by atomic mass is 19.4. The zero-order valence-corrected chi connectivity index (χ0v) is 22.3. The zero-order chi connectivity index (χ0) is 30.5. The first kappa shape index (κ1) is 31.6. The number of alkyl halides is 6. The van der Waals surface area contributed by atoms with E-state index in [1.807, 2.05) is 13.8 Å². The van der Waals surface area contributed by atoms with Crippen molar-refractivity contribution >= 4 is 29.1 Å². The summed E-state index contributed by atoms with van der Waals surface area (Å²) in [5, 5.41) is 5.00. The van der Waals surface area contributed by atoms with Crippen LogP contribution in [0.15, 0.2) is 53.5 Å². The SMILES string of the molecule is CC(C)c1cccc2c1NC(=O)[C@@H](NC(=O)[C@H](CCC(F)(F)F)[C@H](CCC(F)(F)F)C(N)=O)N=C2c1ccccc1. The minimum Gasteiger partial charge on any atom is -0.369 e. The van der Waals surface area contributed by atoms with Crippen LogP contribution in [0.25, 0.3) is 0 Å². The summed E-state index contributed by atoms with van der Waals surface area (Å²) in [5.41, 5.74) is 7.84. The Hall–Kier alpha value is -3.90. The van der Waals surface area contributed by atoms with Crippen molar-refractivity contribution in [1.82, 2.24) is 5.32 Å². The number of benzene rings is 2. The number of fused-ring (bicyclic) bond motifs is 1. The van der Waals surface area contributed by atoms with Crippen LogP contribution in [0.3, 0.4) is 0 Å². The molecule has 3 amide bonds. The average molecular weight is 585 g/mol. The molecule has 41 heavy (non-hydrogen) atoms. The maximum Gasteiger partial charge on any atom is 0.389 e. The van der Waals surface area contributed by atoms with E-state index in [9.17, 15) is 40.7 Å². The number of nitrogens with zero attached hydrogens (tertiary/aromatic N) is 1. The fourth-order valence-corrected chi connectivity index (χ4v) is 4.70. The van der Waals surface area contributed by atoms with E-state index >= 15 is 0 Å². The molecule has 13 heteroatoms. The number of primary amides is 1. The van der Waals surface area contributed by atoms with Crippen LogP contribution in [-0.4, -0.2) is 42.0 Å². The summed E-state index contributed by atoms with van der Waals surface area (Å²) in [6.45, 7) is 3.81. The largest absolute Gasteiger partial charge is 0.389 e. The van der Waals surface area contributed by atoms with Gasteiger partial charge in [-0.2, -0.15) is 26.3 Å². The van der Waals surface area contributed by atoms with Crippen LogP contribution in [0.4, 0.5) is 32.0 Å². The molecule has 0 radical (unpaired) electrons. The second kappa shape index (κ2) is 12.7. The van der Waals surface area contributed by atoms with Crippen LogP contribution in [-0.2, 0) is 14.4 Å². The Bertz CT molecular complexity index is 1290. The number of halogens is 6. The fourth-order valence-electron chi connectivity index (χ4n) is 4.70. The number of hydrogen-bond donors (Lipinski definition) is 3. The first-order chi connectivity index (χ1) is 19.1. The van der Waals surface area contributed by atoms with Crippen molar-refractivity contribution in [2.45, 2.75) is 64.0 Å². The molecule has 0 fully saturated rings. The maximum absolute atomic E-state index is 13.3. The van der Waals surface area contributed by atoms with E-state index < -0.39 is 73.8 Å². The predicted octanol–water partition coefficient (Wildman–Crippen LogP) is 5.44. The van der Waals surface area contributed by atoms with Crippen molar-refractivity contribution in [3.8, 4) is 0 Å². The van der Waals surface area contributed by atoms with Gasteiger partial charge in [-0.3, -0.25) is 14.4 Å². The Labute approximate surface area is 232 Å². The van der Waals surface area contributed by atoms with E-state index in [0.717, 1.165) is 5.56 Å². The van der Waals surface area contributed by atoms with Gasteiger partial charge < -0.3 is 16.4 Å². The Morgan fingerprint density at radius 3 is 2.05 bits per heavy atom. The lowest BCUT2D eigenvalue weighted by atomic mass is 9.83. The van der Waals surface area contributed by atoms with Gasteiger partial charge in [-0.1, -0.05) is 62.4 Å². The molecule has 2 aromatic rings. The molecule has 3 atom stereocenters. The van der Waals surface area contributed by atoms with Gasteiger partial charge in [0.25, 0.3) is 5.91 Å². The van der Waals surface area contributed by atoms with Crippen molar-refractivity contribution in [2.75, 3.05) is 5.32 Å². The molecular weight excluding hydrogens is 554 g/mol. The number of para-hydroxylation sites is 1. The van der Waals surface area contributed by atoms with E-state index in [4.69, 9.17) is 5.73 Å². The fraction of sp³-hybridized carbons (Fsp3) is 0.429. The van der Waals surface area contributed by atoms with Crippen LogP contribution in [0.5, 0.6) is 0 Å². The molecule has 0 unspecified atom stereocenters. The number of carbonyl (C=O) groups is 3. The van der Waals surface area contributed by atoms with Crippen LogP contribution < -0.4 is 16.4 Å². The molecule has 1 heterocycles. The lowest BCUT2D eigenvalue weighted by molar-refractivity contribution is -0.152. The minimum absolute atomic E-state index is 0.0369. The van der Waals surface area contributed by atoms with E-state index in [0.29, 0.717) is 22.5 Å². The Morgan fingerprint density at radius 2 is 1.51 bits per heavy atom. The number of nitrogens with two attached hydrogens (primary N) is 1. The second-order valence-corrected chi connectivity index (χ2v) is 10.1. The number of nitrogens with one attached hydrogen (secondary N) is 2. The molecular formula is C28H30F6N4O3. The number of amides is 3. The Kier molecular flexibility index (Phi) is 9.82. The summed E-state index contributed by atoms with van der Waals surface area (Å²) in [6.07, 6.45) is -16.3. The van der Waals surface area contributed by atoms with Gasteiger partial charge in [0.05, 0.1) is 11.4 Å². The van der Waals surface area contributed by atoms with Crippen molar-refractivity contribution < 1.29 is 40.7 Å². The summed E-state index contributed by atoms with van der Waals surface area (Å²) < 4.78 is 77.9. The van der Waals surface area contributed by atoms with Crippen molar-refractivity contribution in [2.24, 2.45) is 22.6 Å². The molecule has 0 saturated carbocycles. The lowest BCUT2D eigenvalue weighted by Crippen LogP contribution is -2.48. The first-order valence-electron chi connectivity index (χ1n) is 12.9. The predicted molar refractivity (Wildman–Crippen MR) is 140 cm³/mol. The van der Waals surface area contributed by atoms with Crippen LogP contribution in [0.2, 0.25) is 0 Å². The quantitative estimate of drug-likeness (QED) is 0.323. The third-order valence-corrected chi connectivity index (χ3v) is 6.72. The van der Waals surface area contributed by atoms with Gasteiger partial charge in [0.2, 0.25) is 18.0 Å². The number of benzodiazepines with no additional fused rings is 1. The van der Waals surface area contributed by atoms with Crippen molar-refractivity contribution in [3.63, 3.8) is 0 Å². The number of anilines is 1. The second-order valence-electron chi connectivity index (χ2n) is 10.1. The topological polar surface area (TPSA) is 114 Å². The maximum atomic E-state index is 13.3. The van der Waals surface area contributed by atoms with Crippen LogP contribution >= 0.6 is 0 Å². The third-order valence-electron chi connectivity index (χ3n) is 6.72. The zero-order valence-electron chi connectivity index (χ0n) is 22.3. The molecule has 2 aromatic carbocycles. The lowest BCUT2D eigenvalue weighted by Gasteiger charge is -2.26. The monoisotopic (exact) mass is 584 g/mol. The molecule has 0 aliphatic carbocycles. The van der Waals surface area contributed by atoms with Gasteiger partial charge in [-0.05, 0) is 24.3 Å². The number of aliphatic imine (C=N–C) groups is 1. The highest BCUT2D eigenvalue weighted by Crippen LogP contribution is 2.34. The van der Waals surface area contributed by atoms with E-state index in [-0.39, 0.29) is 5.92 Å². The summed E-state index contributed by atoms with van der Waals surface area (Å²) in [4.78, 5) is 43.2. The first-order valence-corrected chi connectivity index (χ1v) is 12.9. The molecule has 1 aliphatic heterocycles. The molecule has 7 nitrogen and oxygen atoms in total. The van der Waals surface area contributed by atoms with Crippen LogP contribution in [0, 0.1) is 11.8 Å². The van der Waals surface area contributed by atoms with E-state index in [2.05, 4.69) is 15.6 Å². The number of hydrogen-bond acceptors (Lipinski definition) is 4. The highest BCUT2D eigenvalue weighted by Gasteiger charge is 2.40. The number of carbonyl (C=O) groups excluding carboxylic acids is 3. The third kappa shape index (κ3) is 8.54. The molecule has 0 bridgehead atoms. The summed E-state index contributed by atoms with van der Waals surface area (Å²) in [5.74, 6) is -7.22. The molecule has 4 N–H and O–H groups in total. The van der Waals surface area contributed by atoms with Gasteiger partial charge in [0.15, 0.2) is 0 Å². The van der Waals surface area contributed by atoms with Gasteiger partial charge >= 0.3 is 12.4 Å². The van der Waals surface area contributed by atoms with Crippen molar-refractivity contribution in [3.05, 3.63) is 65.2 Å². The summed E-state index contributed by atoms with van der Waals surface area (Å²) in [6, 6.07) is 13.9. The minimum atomic E-state index is -4.77. The molecule has 222 valence electrons. The highest BCUT2D eigenvalue weighted by molar-refractivity contribution is 6.20. The molecule has 1 aliphatic rings. The molecule has 0 aromatic heterocycles. The molecule has 0 spiro atoms.